The number of benzene rings is 1. The normalized spacial score (nSPS) is 10.9. The van der Waals surface area contributed by atoms with Crippen molar-refractivity contribution in [2.75, 3.05) is 11.9 Å². The van der Waals surface area contributed by atoms with Gasteiger partial charge in [-0.15, -0.1) is 0 Å². The van der Waals surface area contributed by atoms with Gasteiger partial charge in [0.1, 0.15) is 0 Å². The van der Waals surface area contributed by atoms with E-state index in [1.165, 1.54) is 0 Å². The monoisotopic (exact) mass is 264 g/mol. The zero-order valence-electron chi connectivity index (χ0n) is 11.5. The molecule has 5 heteroatoms. The number of hydrogen-bond acceptors (Lipinski definition) is 3. The third-order valence-corrected chi connectivity index (χ3v) is 2.70. The van der Waals surface area contributed by atoms with Gasteiger partial charge in [0.05, 0.1) is 0 Å². The molecule has 0 radical (unpaired) electrons. The van der Waals surface area contributed by atoms with Crippen molar-refractivity contribution in [3.05, 3.63) is 29.8 Å². The van der Waals surface area contributed by atoms with Gasteiger partial charge in [-0.25, -0.2) is 0 Å². The van der Waals surface area contributed by atoms with Crippen LogP contribution in [0.1, 0.15) is 25.8 Å². The molecule has 2 amide bonds. The Morgan fingerprint density at radius 1 is 1.16 bits per heavy atom. The summed E-state index contributed by atoms with van der Waals surface area (Å²) in [4.78, 5) is 23.4. The first kappa shape index (κ1) is 15.2. The van der Waals surface area contributed by atoms with Gasteiger partial charge in [-0.2, -0.15) is 0 Å². The van der Waals surface area contributed by atoms with Crippen molar-refractivity contribution in [3.63, 3.8) is 0 Å². The van der Waals surface area contributed by atoms with Crippen LogP contribution in [0.2, 0.25) is 0 Å². The Hall–Kier alpha value is -1.88. The Kier molecular flexibility index (Phi) is 5.06. The Balaban J connectivity index is 2.58. The molecule has 0 aliphatic rings. The maximum atomic E-state index is 11.7. The Morgan fingerprint density at radius 3 is 2.26 bits per heavy atom. The molecule has 0 spiro atoms. The molecule has 0 aromatic heterocycles. The average molecular weight is 264 g/mol. The molecule has 0 aliphatic carbocycles. The minimum Gasteiger partial charge on any atom is -0.396 e. The molecule has 0 saturated heterocycles. The summed E-state index contributed by atoms with van der Waals surface area (Å²) in [6, 6.07) is 7.17. The lowest BCUT2D eigenvalue weighted by atomic mass is 10.0. The van der Waals surface area contributed by atoms with Crippen LogP contribution in [-0.4, -0.2) is 29.1 Å². The van der Waals surface area contributed by atoms with Gasteiger partial charge in [-0.1, -0.05) is 17.7 Å². The molecule has 0 heterocycles. The molecule has 0 atom stereocenters. The van der Waals surface area contributed by atoms with Crippen molar-refractivity contribution in [1.29, 1.82) is 0 Å². The van der Waals surface area contributed by atoms with Gasteiger partial charge >= 0.3 is 11.8 Å². The van der Waals surface area contributed by atoms with Crippen LogP contribution in [-0.2, 0) is 9.59 Å². The SMILES string of the molecule is Cc1ccc(NC(=O)C(=O)NC(C)(C)CCO)cc1. The standard InChI is InChI=1S/C14H20N2O3/c1-10-4-6-11(7-5-10)15-12(18)13(19)16-14(2,3)8-9-17/h4-7,17H,8-9H2,1-3H3,(H,15,18)(H,16,19). The fraction of sp³-hybridized carbons (Fsp3) is 0.429. The predicted octanol–water partition coefficient (Wildman–Crippen LogP) is 1.21. The highest BCUT2D eigenvalue weighted by Gasteiger charge is 2.23. The van der Waals surface area contributed by atoms with Gasteiger partial charge in [-0.05, 0) is 39.3 Å². The molecule has 1 aromatic carbocycles. The highest BCUT2D eigenvalue weighted by Crippen LogP contribution is 2.10. The highest BCUT2D eigenvalue weighted by molar-refractivity contribution is 6.39. The molecule has 104 valence electrons. The molecule has 0 aliphatic heterocycles. The molecular weight excluding hydrogens is 244 g/mol. The second-order valence-corrected chi connectivity index (χ2v) is 5.13. The fourth-order valence-electron chi connectivity index (χ4n) is 1.53. The highest BCUT2D eigenvalue weighted by atomic mass is 16.3. The molecular formula is C14H20N2O3. The molecule has 3 N–H and O–H groups in total. The molecule has 0 bridgehead atoms. The molecule has 19 heavy (non-hydrogen) atoms. The summed E-state index contributed by atoms with van der Waals surface area (Å²) in [6.07, 6.45) is 0.385. The summed E-state index contributed by atoms with van der Waals surface area (Å²) in [7, 11) is 0. The first-order valence-electron chi connectivity index (χ1n) is 6.15. The van der Waals surface area contributed by atoms with Crippen molar-refractivity contribution < 1.29 is 14.7 Å². The first-order valence-corrected chi connectivity index (χ1v) is 6.15. The van der Waals surface area contributed by atoms with Gasteiger partial charge in [0.25, 0.3) is 0 Å². The summed E-state index contributed by atoms with van der Waals surface area (Å²) in [5.41, 5.74) is 1.04. The second kappa shape index (κ2) is 6.33. The van der Waals surface area contributed by atoms with E-state index in [2.05, 4.69) is 10.6 Å². The van der Waals surface area contributed by atoms with Crippen molar-refractivity contribution in [3.8, 4) is 0 Å². The lowest BCUT2D eigenvalue weighted by molar-refractivity contribution is -0.137. The number of carbonyl (C=O) groups excluding carboxylic acids is 2. The van der Waals surface area contributed by atoms with E-state index < -0.39 is 17.4 Å². The van der Waals surface area contributed by atoms with Crippen LogP contribution in [0.5, 0.6) is 0 Å². The van der Waals surface area contributed by atoms with E-state index in [-0.39, 0.29) is 6.61 Å². The lowest BCUT2D eigenvalue weighted by Gasteiger charge is -2.24. The molecule has 0 saturated carbocycles. The second-order valence-electron chi connectivity index (χ2n) is 5.13. The number of aliphatic hydroxyl groups is 1. The van der Waals surface area contributed by atoms with Crippen LogP contribution in [0.25, 0.3) is 0 Å². The van der Waals surface area contributed by atoms with Gasteiger partial charge in [0.15, 0.2) is 0 Å². The molecule has 0 fully saturated rings. The van der Waals surface area contributed by atoms with E-state index in [0.717, 1.165) is 5.56 Å². The topological polar surface area (TPSA) is 78.4 Å². The van der Waals surface area contributed by atoms with Crippen molar-refractivity contribution in [2.24, 2.45) is 0 Å². The van der Waals surface area contributed by atoms with Crippen molar-refractivity contribution >= 4 is 17.5 Å². The van der Waals surface area contributed by atoms with E-state index >= 15 is 0 Å². The summed E-state index contributed by atoms with van der Waals surface area (Å²) < 4.78 is 0. The Labute approximate surface area is 113 Å². The number of nitrogens with one attached hydrogen (secondary N) is 2. The maximum absolute atomic E-state index is 11.7. The minimum absolute atomic E-state index is 0.0487. The van der Waals surface area contributed by atoms with Gasteiger partial charge < -0.3 is 15.7 Å². The van der Waals surface area contributed by atoms with Crippen molar-refractivity contribution in [1.82, 2.24) is 5.32 Å². The molecule has 1 rings (SSSR count). The van der Waals surface area contributed by atoms with Crippen LogP contribution in [0.4, 0.5) is 5.69 Å². The third-order valence-electron chi connectivity index (χ3n) is 2.70. The number of amides is 2. The summed E-state index contributed by atoms with van der Waals surface area (Å²) in [5.74, 6) is -1.42. The van der Waals surface area contributed by atoms with Crippen LogP contribution >= 0.6 is 0 Å². The number of aryl methyl sites for hydroxylation is 1. The van der Waals surface area contributed by atoms with Crippen LogP contribution in [0.15, 0.2) is 24.3 Å². The Morgan fingerprint density at radius 2 is 1.74 bits per heavy atom. The number of anilines is 1. The average Bonchev–Trinajstić information content (AvgIpc) is 2.31. The lowest BCUT2D eigenvalue weighted by Crippen LogP contribution is -2.48. The van der Waals surface area contributed by atoms with Crippen LogP contribution in [0, 0.1) is 6.92 Å². The molecule has 1 aromatic rings. The van der Waals surface area contributed by atoms with Gasteiger partial charge in [0.2, 0.25) is 0 Å². The summed E-state index contributed by atoms with van der Waals surface area (Å²) in [6.45, 7) is 5.39. The fourth-order valence-corrected chi connectivity index (χ4v) is 1.53. The first-order chi connectivity index (χ1) is 8.84. The van der Waals surface area contributed by atoms with Crippen LogP contribution in [0.3, 0.4) is 0 Å². The summed E-state index contributed by atoms with van der Waals surface area (Å²) in [5, 5.41) is 14.0. The molecule has 5 nitrogen and oxygen atoms in total. The number of rotatable bonds is 4. The van der Waals surface area contributed by atoms with E-state index in [9.17, 15) is 9.59 Å². The number of carbonyl (C=O) groups is 2. The number of aliphatic hydroxyl groups excluding tert-OH is 1. The zero-order valence-corrected chi connectivity index (χ0v) is 11.5. The third kappa shape index (κ3) is 5.09. The van der Waals surface area contributed by atoms with Crippen molar-refractivity contribution in [2.45, 2.75) is 32.7 Å². The molecule has 0 unspecified atom stereocenters. The van der Waals surface area contributed by atoms with Gasteiger partial charge in [-0.3, -0.25) is 9.59 Å². The predicted molar refractivity (Wildman–Crippen MR) is 73.7 cm³/mol. The van der Waals surface area contributed by atoms with E-state index in [1.807, 2.05) is 19.1 Å². The van der Waals surface area contributed by atoms with Crippen LogP contribution < -0.4 is 10.6 Å². The van der Waals surface area contributed by atoms with E-state index in [4.69, 9.17) is 5.11 Å². The largest absolute Gasteiger partial charge is 0.396 e. The zero-order chi connectivity index (χ0) is 14.5. The summed E-state index contributed by atoms with van der Waals surface area (Å²) >= 11 is 0. The van der Waals surface area contributed by atoms with E-state index in [0.29, 0.717) is 12.1 Å². The quantitative estimate of drug-likeness (QED) is 0.715. The number of hydrogen-bond donors (Lipinski definition) is 3. The van der Waals surface area contributed by atoms with Gasteiger partial charge in [0, 0.05) is 17.8 Å². The minimum atomic E-state index is -0.713. The Bertz CT molecular complexity index is 452. The maximum Gasteiger partial charge on any atom is 0.313 e. The van der Waals surface area contributed by atoms with E-state index in [1.54, 1.807) is 26.0 Å². The smallest absolute Gasteiger partial charge is 0.313 e.